The number of furan rings is 1. The fraction of sp³-hybridized carbons (Fsp3) is 0.467. The molecule has 0 fully saturated rings. The van der Waals surface area contributed by atoms with E-state index in [0.717, 1.165) is 35.3 Å². The monoisotopic (exact) mass is 327 g/mol. The summed E-state index contributed by atoms with van der Waals surface area (Å²) in [6.45, 7) is 8.02. The summed E-state index contributed by atoms with van der Waals surface area (Å²) in [6, 6.07) is 2.99. The number of benzene rings is 1. The van der Waals surface area contributed by atoms with Crippen LogP contribution in [-0.4, -0.2) is 6.54 Å². The van der Waals surface area contributed by atoms with Crippen molar-refractivity contribution in [3.8, 4) is 0 Å². The summed E-state index contributed by atoms with van der Waals surface area (Å²) in [6.07, 6.45) is 0.835. The fourth-order valence-electron chi connectivity index (χ4n) is 2.23. The Morgan fingerprint density at radius 3 is 2.74 bits per heavy atom. The van der Waals surface area contributed by atoms with Crippen LogP contribution in [0.2, 0.25) is 0 Å². The molecule has 1 aromatic carbocycles. The number of halogens is 2. The van der Waals surface area contributed by atoms with Crippen LogP contribution in [0.15, 0.2) is 21.0 Å². The lowest BCUT2D eigenvalue weighted by atomic mass is 10.1. The molecule has 0 aliphatic heterocycles. The zero-order chi connectivity index (χ0) is 14.0. The van der Waals surface area contributed by atoms with Gasteiger partial charge in [0.05, 0.1) is 11.0 Å². The van der Waals surface area contributed by atoms with Crippen molar-refractivity contribution < 1.29 is 8.81 Å². The molecule has 0 aliphatic rings. The van der Waals surface area contributed by atoms with Gasteiger partial charge >= 0.3 is 0 Å². The fourth-order valence-corrected chi connectivity index (χ4v) is 2.74. The molecule has 1 aromatic heterocycles. The standard InChI is InChI=1S/C15H19BrFNO/c1-4-11-12-5-10(17)6-13(16)15(12)19-14(11)8-18-7-9(2)3/h5-6,9,18H,4,7-8H2,1-3H3. The molecule has 1 heterocycles. The molecule has 2 rings (SSSR count). The van der Waals surface area contributed by atoms with E-state index in [1.165, 1.54) is 6.07 Å². The van der Waals surface area contributed by atoms with Gasteiger partial charge < -0.3 is 9.73 Å². The molecule has 1 N–H and O–H groups in total. The maximum atomic E-state index is 13.5. The molecule has 19 heavy (non-hydrogen) atoms. The summed E-state index contributed by atoms with van der Waals surface area (Å²) in [5.74, 6) is 1.26. The predicted molar refractivity (Wildman–Crippen MR) is 79.8 cm³/mol. The SMILES string of the molecule is CCc1c(CNCC(C)C)oc2c(Br)cc(F)cc12. The molecule has 0 saturated carbocycles. The van der Waals surface area contributed by atoms with E-state index in [9.17, 15) is 4.39 Å². The first-order valence-electron chi connectivity index (χ1n) is 6.63. The zero-order valence-electron chi connectivity index (χ0n) is 11.5. The average molecular weight is 328 g/mol. The van der Waals surface area contributed by atoms with Gasteiger partial charge in [-0.1, -0.05) is 20.8 Å². The Morgan fingerprint density at radius 1 is 1.37 bits per heavy atom. The number of rotatable bonds is 5. The molecule has 0 spiro atoms. The first-order chi connectivity index (χ1) is 9.02. The maximum Gasteiger partial charge on any atom is 0.149 e. The van der Waals surface area contributed by atoms with Crippen LogP contribution in [-0.2, 0) is 13.0 Å². The van der Waals surface area contributed by atoms with E-state index in [1.54, 1.807) is 6.07 Å². The lowest BCUT2D eigenvalue weighted by Crippen LogP contribution is -2.19. The lowest BCUT2D eigenvalue weighted by Gasteiger charge is -2.06. The number of fused-ring (bicyclic) bond motifs is 1. The van der Waals surface area contributed by atoms with Gasteiger partial charge in [-0.05, 0) is 46.9 Å². The van der Waals surface area contributed by atoms with Crippen LogP contribution in [0.25, 0.3) is 11.0 Å². The normalized spacial score (nSPS) is 11.7. The zero-order valence-corrected chi connectivity index (χ0v) is 13.1. The summed E-state index contributed by atoms with van der Waals surface area (Å²) in [4.78, 5) is 0. The van der Waals surface area contributed by atoms with Crippen molar-refractivity contribution in [2.45, 2.75) is 33.7 Å². The first kappa shape index (κ1) is 14.5. The minimum Gasteiger partial charge on any atom is -0.458 e. The smallest absolute Gasteiger partial charge is 0.149 e. The van der Waals surface area contributed by atoms with Crippen LogP contribution in [0.4, 0.5) is 4.39 Å². The van der Waals surface area contributed by atoms with Crippen LogP contribution in [0.1, 0.15) is 32.1 Å². The van der Waals surface area contributed by atoms with Crippen molar-refractivity contribution in [2.24, 2.45) is 5.92 Å². The second-order valence-corrected chi connectivity index (χ2v) is 6.00. The van der Waals surface area contributed by atoms with E-state index in [0.29, 0.717) is 16.9 Å². The molecule has 4 heteroatoms. The van der Waals surface area contributed by atoms with Gasteiger partial charge in [-0.3, -0.25) is 0 Å². The Labute approximate surface area is 121 Å². The Hall–Kier alpha value is -0.870. The highest BCUT2D eigenvalue weighted by Gasteiger charge is 2.15. The molecule has 0 saturated heterocycles. The van der Waals surface area contributed by atoms with E-state index in [4.69, 9.17) is 4.42 Å². The summed E-state index contributed by atoms with van der Waals surface area (Å²) < 4.78 is 20.0. The van der Waals surface area contributed by atoms with E-state index < -0.39 is 0 Å². The van der Waals surface area contributed by atoms with Gasteiger partial charge in [-0.15, -0.1) is 0 Å². The third kappa shape index (κ3) is 3.18. The number of nitrogens with one attached hydrogen (secondary N) is 1. The van der Waals surface area contributed by atoms with Gasteiger partial charge in [0.15, 0.2) is 0 Å². The first-order valence-corrected chi connectivity index (χ1v) is 7.42. The third-order valence-corrected chi connectivity index (χ3v) is 3.68. The van der Waals surface area contributed by atoms with Crippen LogP contribution >= 0.6 is 15.9 Å². The van der Waals surface area contributed by atoms with E-state index >= 15 is 0 Å². The van der Waals surface area contributed by atoms with Crippen LogP contribution in [0, 0.1) is 11.7 Å². The minimum absolute atomic E-state index is 0.239. The summed E-state index contributed by atoms with van der Waals surface area (Å²) in [7, 11) is 0. The molecule has 0 aliphatic carbocycles. The molecule has 0 bridgehead atoms. The van der Waals surface area contributed by atoms with Crippen LogP contribution in [0.3, 0.4) is 0 Å². The molecule has 0 radical (unpaired) electrons. The second kappa shape index (κ2) is 6.06. The van der Waals surface area contributed by atoms with Crippen molar-refractivity contribution in [1.82, 2.24) is 5.32 Å². The molecule has 0 unspecified atom stereocenters. The quantitative estimate of drug-likeness (QED) is 0.865. The topological polar surface area (TPSA) is 25.2 Å². The Morgan fingerprint density at radius 2 is 2.11 bits per heavy atom. The van der Waals surface area contributed by atoms with E-state index in [2.05, 4.69) is 42.0 Å². The lowest BCUT2D eigenvalue weighted by molar-refractivity contribution is 0.480. The number of hydrogen-bond donors (Lipinski definition) is 1. The van der Waals surface area contributed by atoms with E-state index in [1.807, 2.05) is 0 Å². The molecule has 2 nitrogen and oxygen atoms in total. The number of aryl methyl sites for hydroxylation is 1. The van der Waals surface area contributed by atoms with Gasteiger partial charge in [0.1, 0.15) is 17.2 Å². The molecule has 0 atom stereocenters. The highest BCUT2D eigenvalue weighted by molar-refractivity contribution is 9.10. The van der Waals surface area contributed by atoms with Crippen molar-refractivity contribution in [3.63, 3.8) is 0 Å². The van der Waals surface area contributed by atoms with Gasteiger partial charge in [-0.25, -0.2) is 4.39 Å². The third-order valence-electron chi connectivity index (χ3n) is 3.09. The van der Waals surface area contributed by atoms with Crippen molar-refractivity contribution in [2.75, 3.05) is 6.54 Å². The largest absolute Gasteiger partial charge is 0.458 e. The van der Waals surface area contributed by atoms with Crippen LogP contribution < -0.4 is 5.32 Å². The maximum absolute atomic E-state index is 13.5. The Balaban J connectivity index is 2.36. The predicted octanol–water partition coefficient (Wildman–Crippen LogP) is 4.64. The van der Waals surface area contributed by atoms with Crippen molar-refractivity contribution >= 4 is 26.9 Å². The minimum atomic E-state index is -0.239. The molecule has 104 valence electrons. The van der Waals surface area contributed by atoms with Crippen molar-refractivity contribution in [1.29, 1.82) is 0 Å². The Kier molecular flexibility index (Phi) is 4.63. The van der Waals surface area contributed by atoms with Gasteiger partial charge in [-0.2, -0.15) is 0 Å². The van der Waals surface area contributed by atoms with Gasteiger partial charge in [0, 0.05) is 10.9 Å². The highest BCUT2D eigenvalue weighted by Crippen LogP contribution is 2.32. The van der Waals surface area contributed by atoms with Crippen LogP contribution in [0.5, 0.6) is 0 Å². The molecule has 2 aromatic rings. The summed E-state index contributed by atoms with van der Waals surface area (Å²) in [5.41, 5.74) is 1.83. The summed E-state index contributed by atoms with van der Waals surface area (Å²) >= 11 is 3.36. The average Bonchev–Trinajstić information content (AvgIpc) is 2.66. The number of hydrogen-bond acceptors (Lipinski definition) is 2. The van der Waals surface area contributed by atoms with Gasteiger partial charge in [0.25, 0.3) is 0 Å². The highest BCUT2D eigenvalue weighted by atomic mass is 79.9. The van der Waals surface area contributed by atoms with Gasteiger partial charge in [0.2, 0.25) is 0 Å². The molecular formula is C15H19BrFNO. The Bertz CT molecular complexity index is 577. The molecule has 0 amide bonds. The summed E-state index contributed by atoms with van der Waals surface area (Å²) in [5, 5.41) is 4.24. The van der Waals surface area contributed by atoms with Crippen molar-refractivity contribution in [3.05, 3.63) is 33.7 Å². The molecular weight excluding hydrogens is 309 g/mol. The second-order valence-electron chi connectivity index (χ2n) is 5.15. The van der Waals surface area contributed by atoms with E-state index in [-0.39, 0.29) is 5.82 Å².